The Morgan fingerprint density at radius 1 is 1.24 bits per heavy atom. The summed E-state index contributed by atoms with van der Waals surface area (Å²) in [6.45, 7) is 2.33. The number of aryl methyl sites for hydroxylation is 1. The molecular formula is C18H18F2N2O3. The monoisotopic (exact) mass is 348 g/mol. The zero-order valence-corrected chi connectivity index (χ0v) is 14.0. The summed E-state index contributed by atoms with van der Waals surface area (Å²) in [4.78, 5) is 25.5. The van der Waals surface area contributed by atoms with Gasteiger partial charge in [-0.25, -0.2) is 8.78 Å². The molecule has 0 saturated carbocycles. The van der Waals surface area contributed by atoms with Crippen LogP contribution in [0, 0.1) is 18.6 Å². The van der Waals surface area contributed by atoms with E-state index in [1.807, 2.05) is 0 Å². The first-order valence-corrected chi connectivity index (χ1v) is 7.94. The fraction of sp³-hybridized carbons (Fsp3) is 0.333. The van der Waals surface area contributed by atoms with Gasteiger partial charge in [0.25, 0.3) is 11.5 Å². The van der Waals surface area contributed by atoms with Gasteiger partial charge in [-0.05, 0) is 25.1 Å². The fourth-order valence-corrected chi connectivity index (χ4v) is 2.87. The number of hydrogen-bond donors (Lipinski definition) is 0. The normalized spacial score (nSPS) is 17.0. The van der Waals surface area contributed by atoms with Crippen molar-refractivity contribution < 1.29 is 18.3 Å². The minimum absolute atomic E-state index is 0.186. The molecule has 0 aliphatic carbocycles. The molecule has 0 N–H and O–H groups in total. The van der Waals surface area contributed by atoms with Gasteiger partial charge in [-0.1, -0.05) is 6.07 Å². The maximum absolute atomic E-state index is 13.8. The lowest BCUT2D eigenvalue weighted by molar-refractivity contribution is 0.0762. The molecule has 132 valence electrons. The molecule has 0 spiro atoms. The summed E-state index contributed by atoms with van der Waals surface area (Å²) in [5, 5.41) is 0. The Morgan fingerprint density at radius 2 is 1.92 bits per heavy atom. The van der Waals surface area contributed by atoms with Crippen LogP contribution in [0.3, 0.4) is 0 Å². The van der Waals surface area contributed by atoms with Crippen LogP contribution in [0.1, 0.15) is 22.5 Å². The molecule has 1 fully saturated rings. The van der Waals surface area contributed by atoms with Crippen molar-refractivity contribution in [1.82, 2.24) is 9.47 Å². The molecular weight excluding hydrogens is 330 g/mol. The summed E-state index contributed by atoms with van der Waals surface area (Å²) in [7, 11) is 1.67. The zero-order valence-electron chi connectivity index (χ0n) is 14.0. The molecule has 1 aliphatic heterocycles. The van der Waals surface area contributed by atoms with Crippen LogP contribution in [0.15, 0.2) is 35.1 Å². The third kappa shape index (κ3) is 3.40. The molecule has 3 rings (SSSR count). The van der Waals surface area contributed by atoms with Crippen LogP contribution < -0.4 is 10.3 Å². The third-order valence-corrected chi connectivity index (χ3v) is 4.39. The number of rotatable bonds is 3. The second kappa shape index (κ2) is 6.66. The summed E-state index contributed by atoms with van der Waals surface area (Å²) in [5.41, 5.74) is 0.0174. The third-order valence-electron chi connectivity index (χ3n) is 4.39. The minimum atomic E-state index is -0.878. The first kappa shape index (κ1) is 17.1. The van der Waals surface area contributed by atoms with E-state index < -0.39 is 23.1 Å². The quantitative estimate of drug-likeness (QED) is 0.855. The van der Waals surface area contributed by atoms with Crippen molar-refractivity contribution in [2.75, 3.05) is 13.1 Å². The van der Waals surface area contributed by atoms with Crippen molar-refractivity contribution in [3.63, 3.8) is 0 Å². The molecule has 1 amide bonds. The van der Waals surface area contributed by atoms with Gasteiger partial charge in [0.05, 0.1) is 6.54 Å². The lowest BCUT2D eigenvalue weighted by Crippen LogP contribution is -2.32. The Labute approximate surface area is 143 Å². The van der Waals surface area contributed by atoms with E-state index >= 15 is 0 Å². The van der Waals surface area contributed by atoms with Crippen LogP contribution in [-0.2, 0) is 7.05 Å². The molecule has 1 aliphatic rings. The fourth-order valence-electron chi connectivity index (χ4n) is 2.87. The van der Waals surface area contributed by atoms with E-state index in [0.29, 0.717) is 18.7 Å². The number of nitrogens with zero attached hydrogens (tertiary/aromatic N) is 2. The summed E-state index contributed by atoms with van der Waals surface area (Å²) in [6.07, 6.45) is 0.195. The smallest absolute Gasteiger partial charge is 0.259 e. The van der Waals surface area contributed by atoms with Gasteiger partial charge in [-0.2, -0.15) is 0 Å². The molecule has 7 heteroatoms. The Balaban J connectivity index is 1.72. The second-order valence-corrected chi connectivity index (χ2v) is 6.11. The molecule has 2 heterocycles. The Hall–Kier alpha value is -2.70. The van der Waals surface area contributed by atoms with Gasteiger partial charge in [-0.3, -0.25) is 9.59 Å². The molecule has 1 unspecified atom stereocenters. The van der Waals surface area contributed by atoms with Crippen molar-refractivity contribution in [2.24, 2.45) is 7.05 Å². The summed E-state index contributed by atoms with van der Waals surface area (Å²) < 4.78 is 34.8. The van der Waals surface area contributed by atoms with Crippen LogP contribution >= 0.6 is 0 Å². The van der Waals surface area contributed by atoms with Crippen molar-refractivity contribution in [2.45, 2.75) is 19.4 Å². The summed E-state index contributed by atoms with van der Waals surface area (Å²) in [5.74, 6) is -2.02. The van der Waals surface area contributed by atoms with E-state index in [2.05, 4.69) is 0 Å². The zero-order chi connectivity index (χ0) is 18.1. The molecule has 0 bridgehead atoms. The van der Waals surface area contributed by atoms with Gasteiger partial charge in [0, 0.05) is 31.8 Å². The van der Waals surface area contributed by atoms with Gasteiger partial charge < -0.3 is 14.2 Å². The number of ether oxygens (including phenoxy) is 1. The predicted octanol–water partition coefficient (Wildman–Crippen LogP) is 2.27. The van der Waals surface area contributed by atoms with Crippen molar-refractivity contribution in [3.05, 3.63) is 63.6 Å². The number of hydrogen-bond acceptors (Lipinski definition) is 3. The number of carbonyl (C=O) groups excluding carboxylic acids is 1. The molecule has 1 aromatic carbocycles. The maximum atomic E-state index is 13.8. The summed E-state index contributed by atoms with van der Waals surface area (Å²) >= 11 is 0. The maximum Gasteiger partial charge on any atom is 0.259 e. The largest absolute Gasteiger partial charge is 0.488 e. The van der Waals surface area contributed by atoms with Crippen molar-refractivity contribution in [1.29, 1.82) is 0 Å². The molecule has 25 heavy (non-hydrogen) atoms. The topological polar surface area (TPSA) is 51.5 Å². The van der Waals surface area contributed by atoms with Gasteiger partial charge >= 0.3 is 0 Å². The average molecular weight is 348 g/mol. The van der Waals surface area contributed by atoms with Crippen LogP contribution in [0.2, 0.25) is 0 Å². The number of aromatic nitrogens is 1. The number of benzene rings is 1. The van der Waals surface area contributed by atoms with E-state index in [0.717, 1.165) is 17.8 Å². The SMILES string of the molecule is Cc1cc(OC2CCN(C(=O)c3c(F)cccc3F)C2)cc(=O)n1C. The van der Waals surface area contributed by atoms with Crippen molar-refractivity contribution in [3.8, 4) is 5.75 Å². The van der Waals surface area contributed by atoms with Crippen LogP contribution in [-0.4, -0.2) is 34.6 Å². The van der Waals surface area contributed by atoms with E-state index in [9.17, 15) is 18.4 Å². The number of carbonyl (C=O) groups is 1. The standard InChI is InChI=1S/C18H18F2N2O3/c1-11-8-13(9-16(23)21(11)2)25-12-6-7-22(10-12)18(24)17-14(19)4-3-5-15(17)20/h3-5,8-9,12H,6-7,10H2,1-2H3. The van der Waals surface area contributed by atoms with Gasteiger partial charge in [0.1, 0.15) is 29.1 Å². The average Bonchev–Trinajstić information content (AvgIpc) is 3.00. The summed E-state index contributed by atoms with van der Waals surface area (Å²) in [6, 6.07) is 6.46. The van der Waals surface area contributed by atoms with Crippen LogP contribution in [0.4, 0.5) is 8.78 Å². The van der Waals surface area contributed by atoms with Gasteiger partial charge in [0.2, 0.25) is 0 Å². The molecule has 0 radical (unpaired) electrons. The van der Waals surface area contributed by atoms with E-state index in [4.69, 9.17) is 4.74 Å². The van der Waals surface area contributed by atoms with E-state index in [1.165, 1.54) is 21.6 Å². The Morgan fingerprint density at radius 3 is 2.56 bits per heavy atom. The number of pyridine rings is 1. The minimum Gasteiger partial charge on any atom is -0.488 e. The van der Waals surface area contributed by atoms with E-state index in [1.54, 1.807) is 20.0 Å². The first-order chi connectivity index (χ1) is 11.9. The van der Waals surface area contributed by atoms with Gasteiger partial charge in [0.15, 0.2) is 0 Å². The second-order valence-electron chi connectivity index (χ2n) is 6.11. The molecule has 1 atom stereocenters. The Kier molecular flexibility index (Phi) is 4.57. The highest BCUT2D eigenvalue weighted by Crippen LogP contribution is 2.21. The molecule has 1 saturated heterocycles. The highest BCUT2D eigenvalue weighted by molar-refractivity contribution is 5.95. The number of likely N-dealkylation sites (tertiary alicyclic amines) is 1. The van der Waals surface area contributed by atoms with Gasteiger partial charge in [-0.15, -0.1) is 0 Å². The lowest BCUT2D eigenvalue weighted by atomic mass is 10.1. The highest BCUT2D eigenvalue weighted by atomic mass is 19.1. The Bertz CT molecular complexity index is 859. The number of amides is 1. The highest BCUT2D eigenvalue weighted by Gasteiger charge is 2.31. The molecule has 2 aromatic rings. The first-order valence-electron chi connectivity index (χ1n) is 7.94. The number of halogens is 2. The molecule has 1 aromatic heterocycles. The van der Waals surface area contributed by atoms with Crippen LogP contribution in [0.5, 0.6) is 5.75 Å². The van der Waals surface area contributed by atoms with E-state index in [-0.39, 0.29) is 18.2 Å². The predicted molar refractivity (Wildman–Crippen MR) is 87.7 cm³/mol. The molecule has 5 nitrogen and oxygen atoms in total. The van der Waals surface area contributed by atoms with Crippen LogP contribution in [0.25, 0.3) is 0 Å². The lowest BCUT2D eigenvalue weighted by Gasteiger charge is -2.18. The van der Waals surface area contributed by atoms with Crippen molar-refractivity contribution >= 4 is 5.91 Å².